The van der Waals surface area contributed by atoms with Crippen LogP contribution in [0.25, 0.3) is 0 Å². The second kappa shape index (κ2) is 7.13. The Hall–Kier alpha value is -2.88. The van der Waals surface area contributed by atoms with Crippen molar-refractivity contribution in [3.05, 3.63) is 35.4 Å². The number of nitriles is 1. The molecule has 0 aromatic heterocycles. The molecule has 2 rings (SSSR count). The molecule has 0 atom stereocenters. The largest absolute Gasteiger partial charge is 0.461 e. The number of imide groups is 1. The molecule has 1 saturated heterocycles. The molecule has 1 fully saturated rings. The van der Waals surface area contributed by atoms with Crippen LogP contribution in [0.15, 0.2) is 24.3 Å². The summed E-state index contributed by atoms with van der Waals surface area (Å²) in [7, 11) is 0. The summed E-state index contributed by atoms with van der Waals surface area (Å²) >= 11 is 0. The second-order valence-corrected chi connectivity index (χ2v) is 6.08. The summed E-state index contributed by atoms with van der Waals surface area (Å²) in [4.78, 5) is 36.5. The van der Waals surface area contributed by atoms with Crippen LogP contribution < -0.4 is 5.32 Å². The Labute approximate surface area is 140 Å². The molecule has 0 radical (unpaired) electrons. The minimum Gasteiger partial charge on any atom is -0.461 e. The number of rotatable bonds is 6. The summed E-state index contributed by atoms with van der Waals surface area (Å²) in [5, 5.41) is 11.3. The third-order valence-corrected chi connectivity index (χ3v) is 3.69. The molecule has 0 saturated carbocycles. The Morgan fingerprint density at radius 2 is 1.96 bits per heavy atom. The Balaban J connectivity index is 1.73. The molecule has 1 aromatic rings. The summed E-state index contributed by atoms with van der Waals surface area (Å²) < 4.78 is 5.14. The quantitative estimate of drug-likeness (QED) is 0.632. The first-order valence-electron chi connectivity index (χ1n) is 7.62. The van der Waals surface area contributed by atoms with Crippen molar-refractivity contribution in [2.45, 2.75) is 38.8 Å². The Bertz CT molecular complexity index is 689. The second-order valence-electron chi connectivity index (χ2n) is 6.08. The molecule has 7 nitrogen and oxygen atoms in total. The van der Waals surface area contributed by atoms with Crippen molar-refractivity contribution in [1.82, 2.24) is 10.2 Å². The molecule has 0 unspecified atom stereocenters. The van der Waals surface area contributed by atoms with Crippen LogP contribution in [0.2, 0.25) is 0 Å². The van der Waals surface area contributed by atoms with E-state index < -0.39 is 17.5 Å². The van der Waals surface area contributed by atoms with Crippen molar-refractivity contribution >= 4 is 17.9 Å². The lowest BCUT2D eigenvalue weighted by Crippen LogP contribution is -2.40. The summed E-state index contributed by atoms with van der Waals surface area (Å²) in [6.45, 7) is 3.58. The van der Waals surface area contributed by atoms with Crippen LogP contribution in [-0.2, 0) is 20.9 Å². The molecule has 1 aliphatic rings. The highest BCUT2D eigenvalue weighted by Crippen LogP contribution is 2.17. The lowest BCUT2D eigenvalue weighted by Gasteiger charge is -2.15. The average Bonchev–Trinajstić information content (AvgIpc) is 2.75. The predicted molar refractivity (Wildman–Crippen MR) is 84.5 cm³/mol. The molecule has 3 amide bonds. The third-order valence-electron chi connectivity index (χ3n) is 3.69. The summed E-state index contributed by atoms with van der Waals surface area (Å²) in [6, 6.07) is 8.34. The zero-order chi connectivity index (χ0) is 17.7. The summed E-state index contributed by atoms with van der Waals surface area (Å²) in [6.07, 6.45) is 0.467. The van der Waals surface area contributed by atoms with Crippen LogP contribution in [0.5, 0.6) is 0 Å². The number of carbonyl (C=O) groups excluding carboxylic acids is 3. The lowest BCUT2D eigenvalue weighted by atomic mass is 10.1. The minimum absolute atomic E-state index is 0.119. The van der Waals surface area contributed by atoms with E-state index in [0.717, 1.165) is 10.5 Å². The predicted octanol–water partition coefficient (Wildman–Crippen LogP) is 1.71. The van der Waals surface area contributed by atoms with Gasteiger partial charge in [0.25, 0.3) is 5.91 Å². The van der Waals surface area contributed by atoms with E-state index in [-0.39, 0.29) is 25.5 Å². The Kier molecular flexibility index (Phi) is 5.19. The van der Waals surface area contributed by atoms with Crippen molar-refractivity contribution in [3.8, 4) is 6.07 Å². The zero-order valence-corrected chi connectivity index (χ0v) is 13.7. The van der Waals surface area contributed by atoms with Crippen LogP contribution in [0, 0.1) is 11.3 Å². The van der Waals surface area contributed by atoms with E-state index in [1.807, 2.05) is 6.07 Å². The smallest absolute Gasteiger partial charge is 0.325 e. The standard InChI is InChI=1S/C17H19N3O4/c1-17(2)15(22)20(16(23)19-17)9-3-4-14(21)24-11-13-7-5-12(10-18)6-8-13/h5-8H,3-4,9,11H2,1-2H3,(H,19,23). The average molecular weight is 329 g/mol. The van der Waals surface area contributed by atoms with Gasteiger partial charge in [0.05, 0.1) is 11.6 Å². The van der Waals surface area contributed by atoms with Crippen molar-refractivity contribution < 1.29 is 19.1 Å². The maximum atomic E-state index is 12.0. The first kappa shape index (κ1) is 17.5. The van der Waals surface area contributed by atoms with Gasteiger partial charge in [-0.25, -0.2) is 4.79 Å². The SMILES string of the molecule is CC1(C)NC(=O)N(CCCC(=O)OCc2ccc(C#N)cc2)C1=O. The monoisotopic (exact) mass is 329 g/mol. The molecule has 0 aliphatic carbocycles. The molecule has 1 aliphatic heterocycles. The molecule has 1 heterocycles. The molecule has 1 aromatic carbocycles. The number of benzene rings is 1. The van der Waals surface area contributed by atoms with Gasteiger partial charge in [-0.3, -0.25) is 14.5 Å². The third kappa shape index (κ3) is 4.10. The number of nitrogens with one attached hydrogen (secondary N) is 1. The fraction of sp³-hybridized carbons (Fsp3) is 0.412. The number of carbonyl (C=O) groups is 3. The van der Waals surface area contributed by atoms with E-state index in [1.165, 1.54) is 0 Å². The molecule has 0 bridgehead atoms. The fourth-order valence-corrected chi connectivity index (χ4v) is 2.31. The number of nitrogens with zero attached hydrogens (tertiary/aromatic N) is 2. The maximum absolute atomic E-state index is 12.0. The van der Waals surface area contributed by atoms with Gasteiger partial charge >= 0.3 is 12.0 Å². The minimum atomic E-state index is -0.896. The molecule has 126 valence electrons. The highest BCUT2D eigenvalue weighted by molar-refractivity contribution is 6.06. The maximum Gasteiger partial charge on any atom is 0.325 e. The van der Waals surface area contributed by atoms with Gasteiger partial charge in [0.1, 0.15) is 12.1 Å². The summed E-state index contributed by atoms with van der Waals surface area (Å²) in [5.74, 6) is -0.691. The van der Waals surface area contributed by atoms with E-state index in [1.54, 1.807) is 38.1 Å². The van der Waals surface area contributed by atoms with Crippen LogP contribution in [0.1, 0.15) is 37.8 Å². The Morgan fingerprint density at radius 3 is 2.50 bits per heavy atom. The van der Waals surface area contributed by atoms with Crippen LogP contribution in [0.3, 0.4) is 0 Å². The van der Waals surface area contributed by atoms with E-state index in [9.17, 15) is 14.4 Å². The van der Waals surface area contributed by atoms with Crippen molar-refractivity contribution in [1.29, 1.82) is 5.26 Å². The van der Waals surface area contributed by atoms with E-state index in [0.29, 0.717) is 12.0 Å². The number of urea groups is 1. The normalized spacial score (nSPS) is 15.8. The first-order valence-corrected chi connectivity index (χ1v) is 7.62. The molecule has 1 N–H and O–H groups in total. The van der Waals surface area contributed by atoms with E-state index in [2.05, 4.69) is 5.32 Å². The van der Waals surface area contributed by atoms with Gasteiger partial charge in [-0.15, -0.1) is 0 Å². The lowest BCUT2D eigenvalue weighted by molar-refractivity contribution is -0.145. The molecular weight excluding hydrogens is 310 g/mol. The molecule has 24 heavy (non-hydrogen) atoms. The molecular formula is C17H19N3O4. The number of esters is 1. The zero-order valence-electron chi connectivity index (χ0n) is 13.7. The summed E-state index contributed by atoms with van der Waals surface area (Å²) in [5.41, 5.74) is 0.437. The van der Waals surface area contributed by atoms with Crippen LogP contribution in [-0.4, -0.2) is 34.9 Å². The van der Waals surface area contributed by atoms with Crippen molar-refractivity contribution in [2.24, 2.45) is 0 Å². The van der Waals surface area contributed by atoms with Gasteiger partial charge < -0.3 is 10.1 Å². The molecule has 7 heteroatoms. The van der Waals surface area contributed by atoms with Crippen LogP contribution >= 0.6 is 0 Å². The van der Waals surface area contributed by atoms with Crippen molar-refractivity contribution in [2.75, 3.05) is 6.54 Å². The Morgan fingerprint density at radius 1 is 1.29 bits per heavy atom. The number of hydrogen-bond donors (Lipinski definition) is 1. The van der Waals surface area contributed by atoms with Gasteiger partial charge in [0.2, 0.25) is 0 Å². The molecule has 0 spiro atoms. The van der Waals surface area contributed by atoms with Gasteiger partial charge in [-0.05, 0) is 38.0 Å². The first-order chi connectivity index (χ1) is 11.3. The number of amides is 3. The van der Waals surface area contributed by atoms with Gasteiger partial charge in [0, 0.05) is 13.0 Å². The van der Waals surface area contributed by atoms with Gasteiger partial charge in [-0.2, -0.15) is 5.26 Å². The number of hydrogen-bond acceptors (Lipinski definition) is 5. The van der Waals surface area contributed by atoms with E-state index >= 15 is 0 Å². The highest BCUT2D eigenvalue weighted by atomic mass is 16.5. The van der Waals surface area contributed by atoms with Crippen LogP contribution in [0.4, 0.5) is 4.79 Å². The highest BCUT2D eigenvalue weighted by Gasteiger charge is 2.43. The topological polar surface area (TPSA) is 99.5 Å². The van der Waals surface area contributed by atoms with E-state index in [4.69, 9.17) is 10.00 Å². The van der Waals surface area contributed by atoms with Gasteiger partial charge in [0.15, 0.2) is 0 Å². The fourth-order valence-electron chi connectivity index (χ4n) is 2.31. The number of ether oxygens (including phenoxy) is 1. The van der Waals surface area contributed by atoms with Crippen molar-refractivity contribution in [3.63, 3.8) is 0 Å². The van der Waals surface area contributed by atoms with Gasteiger partial charge in [-0.1, -0.05) is 12.1 Å².